The van der Waals surface area contributed by atoms with Crippen LogP contribution in [0.3, 0.4) is 0 Å². The Morgan fingerprint density at radius 1 is 1.33 bits per heavy atom. The maximum atomic E-state index is 10.3. The van der Waals surface area contributed by atoms with Gasteiger partial charge in [-0.2, -0.15) is 12.6 Å². The van der Waals surface area contributed by atoms with Crippen molar-refractivity contribution in [3.05, 3.63) is 0 Å². The zero-order valence-electron chi connectivity index (χ0n) is 10.1. The van der Waals surface area contributed by atoms with Gasteiger partial charge in [0.1, 0.15) is 5.78 Å². The summed E-state index contributed by atoms with van der Waals surface area (Å²) in [5.41, 5.74) is 0. The number of methoxy groups -OCH3 is 1. The molecule has 4 heteroatoms. The highest BCUT2D eigenvalue weighted by atomic mass is 32.1. The Kier molecular flexibility index (Phi) is 13.0. The Morgan fingerprint density at radius 3 is 2.07 bits per heavy atom. The molecule has 0 rings (SSSR count). The maximum Gasteiger partial charge on any atom is 0.305 e. The molecule has 0 N–H and O–H groups in total. The zero-order chi connectivity index (χ0) is 12.3. The summed E-state index contributed by atoms with van der Waals surface area (Å²) in [7, 11) is 1.39. The molecule has 0 amide bonds. The number of carbonyl (C=O) groups excluding carboxylic acids is 2. The number of hydrogen-bond acceptors (Lipinski definition) is 4. The lowest BCUT2D eigenvalue weighted by molar-refractivity contribution is -0.140. The zero-order valence-corrected chi connectivity index (χ0v) is 11.0. The van der Waals surface area contributed by atoms with Gasteiger partial charge < -0.3 is 9.53 Å². The third-order valence-corrected chi connectivity index (χ3v) is 1.78. The van der Waals surface area contributed by atoms with Gasteiger partial charge in [0.25, 0.3) is 0 Å². The topological polar surface area (TPSA) is 43.4 Å². The molecule has 0 bridgehead atoms. The van der Waals surface area contributed by atoms with E-state index in [1.54, 1.807) is 6.92 Å². The van der Waals surface area contributed by atoms with Gasteiger partial charge in [-0.1, -0.05) is 13.8 Å². The number of carbonyl (C=O) groups is 2. The summed E-state index contributed by atoms with van der Waals surface area (Å²) >= 11 is 3.93. The third kappa shape index (κ3) is 19.8. The molecule has 0 saturated heterocycles. The fourth-order valence-corrected chi connectivity index (χ4v) is 1.06. The Hall–Kier alpha value is -0.510. The Morgan fingerprint density at radius 2 is 1.87 bits per heavy atom. The fourth-order valence-electron chi connectivity index (χ4n) is 0.900. The summed E-state index contributed by atoms with van der Waals surface area (Å²) in [6.45, 7) is 5.71. The van der Waals surface area contributed by atoms with Crippen LogP contribution in [0.1, 0.15) is 40.0 Å². The van der Waals surface area contributed by atoms with Crippen LogP contribution in [0.15, 0.2) is 0 Å². The molecule has 15 heavy (non-hydrogen) atoms. The second kappa shape index (κ2) is 11.6. The van der Waals surface area contributed by atoms with Crippen LogP contribution in [-0.4, -0.2) is 24.6 Å². The first-order valence-electron chi connectivity index (χ1n) is 5.11. The van der Waals surface area contributed by atoms with E-state index in [0.717, 1.165) is 18.6 Å². The summed E-state index contributed by atoms with van der Waals surface area (Å²) in [5.74, 6) is 1.40. The number of hydrogen-bond donors (Lipinski definition) is 1. The SMILES string of the molecule is CC(=O)CC(C)C.COC(=O)CCCS. The Bertz CT molecular complexity index is 179. The van der Waals surface area contributed by atoms with Gasteiger partial charge in [0.05, 0.1) is 7.11 Å². The second-order valence-electron chi connectivity index (χ2n) is 3.70. The summed E-state index contributed by atoms with van der Waals surface area (Å²) in [6.07, 6.45) is 2.01. The van der Waals surface area contributed by atoms with Crippen LogP contribution in [-0.2, 0) is 14.3 Å². The molecule has 0 heterocycles. The molecule has 3 nitrogen and oxygen atoms in total. The van der Waals surface area contributed by atoms with E-state index in [0.29, 0.717) is 12.3 Å². The van der Waals surface area contributed by atoms with Gasteiger partial charge in [-0.05, 0) is 25.0 Å². The normalized spacial score (nSPS) is 9.20. The van der Waals surface area contributed by atoms with E-state index in [2.05, 4.69) is 17.4 Å². The molecule has 0 aliphatic heterocycles. The molecule has 0 saturated carbocycles. The smallest absolute Gasteiger partial charge is 0.305 e. The minimum absolute atomic E-state index is 0.154. The van der Waals surface area contributed by atoms with E-state index >= 15 is 0 Å². The Balaban J connectivity index is 0. The molecule has 0 spiro atoms. The highest BCUT2D eigenvalue weighted by molar-refractivity contribution is 7.80. The molecule has 0 fully saturated rings. The largest absolute Gasteiger partial charge is 0.469 e. The van der Waals surface area contributed by atoms with Crippen molar-refractivity contribution in [2.45, 2.75) is 40.0 Å². The molecule has 0 aromatic rings. The fraction of sp³-hybridized carbons (Fsp3) is 0.818. The summed E-state index contributed by atoms with van der Waals surface area (Å²) in [4.78, 5) is 20.6. The average molecular weight is 234 g/mol. The van der Waals surface area contributed by atoms with Crippen molar-refractivity contribution in [2.75, 3.05) is 12.9 Å². The standard InChI is InChI=1S/C6H12O.C5H10O2S/c1-5(2)4-6(3)7;1-7-5(6)3-2-4-8/h5H,4H2,1-3H3;8H,2-4H2,1H3. The lowest BCUT2D eigenvalue weighted by atomic mass is 10.1. The van der Waals surface area contributed by atoms with Gasteiger partial charge in [-0.25, -0.2) is 0 Å². The van der Waals surface area contributed by atoms with Gasteiger partial charge >= 0.3 is 5.97 Å². The number of Topliss-reactive ketones (excluding diaryl/α,β-unsaturated/α-hetero) is 1. The van der Waals surface area contributed by atoms with E-state index < -0.39 is 0 Å². The summed E-state index contributed by atoms with van der Waals surface area (Å²) in [5, 5.41) is 0. The van der Waals surface area contributed by atoms with E-state index in [4.69, 9.17) is 0 Å². The molecular formula is C11H22O3S. The van der Waals surface area contributed by atoms with Gasteiger partial charge in [-0.15, -0.1) is 0 Å². The monoisotopic (exact) mass is 234 g/mol. The molecular weight excluding hydrogens is 212 g/mol. The lowest BCUT2D eigenvalue weighted by Gasteiger charge is -1.95. The van der Waals surface area contributed by atoms with Crippen LogP contribution in [0, 0.1) is 5.92 Å². The summed E-state index contributed by atoms with van der Waals surface area (Å²) in [6, 6.07) is 0. The van der Waals surface area contributed by atoms with E-state index in [1.807, 2.05) is 13.8 Å². The first-order chi connectivity index (χ1) is 6.93. The number of ketones is 1. The lowest BCUT2D eigenvalue weighted by Crippen LogP contribution is -1.99. The van der Waals surface area contributed by atoms with Crippen molar-refractivity contribution < 1.29 is 14.3 Å². The molecule has 0 unspecified atom stereocenters. The predicted molar refractivity (Wildman–Crippen MR) is 65.2 cm³/mol. The maximum absolute atomic E-state index is 10.3. The van der Waals surface area contributed by atoms with E-state index in [9.17, 15) is 9.59 Å². The second-order valence-corrected chi connectivity index (χ2v) is 4.15. The van der Waals surface area contributed by atoms with Crippen LogP contribution in [0.25, 0.3) is 0 Å². The van der Waals surface area contributed by atoms with Crippen LogP contribution >= 0.6 is 12.6 Å². The average Bonchev–Trinajstić information content (AvgIpc) is 2.12. The molecule has 0 aliphatic rings. The van der Waals surface area contributed by atoms with Gasteiger partial charge in [-0.3, -0.25) is 4.79 Å². The van der Waals surface area contributed by atoms with Crippen molar-refractivity contribution in [1.29, 1.82) is 0 Å². The van der Waals surface area contributed by atoms with E-state index in [-0.39, 0.29) is 11.8 Å². The third-order valence-electron chi connectivity index (χ3n) is 1.46. The van der Waals surface area contributed by atoms with Crippen LogP contribution < -0.4 is 0 Å². The molecule has 0 aromatic heterocycles. The molecule has 0 radical (unpaired) electrons. The van der Waals surface area contributed by atoms with Crippen molar-refractivity contribution in [3.8, 4) is 0 Å². The van der Waals surface area contributed by atoms with E-state index in [1.165, 1.54) is 7.11 Å². The van der Waals surface area contributed by atoms with Crippen LogP contribution in [0.5, 0.6) is 0 Å². The minimum atomic E-state index is -0.154. The van der Waals surface area contributed by atoms with Crippen LogP contribution in [0.4, 0.5) is 0 Å². The summed E-state index contributed by atoms with van der Waals surface area (Å²) < 4.78 is 4.38. The van der Waals surface area contributed by atoms with Gasteiger partial charge in [0.15, 0.2) is 0 Å². The number of thiol groups is 1. The molecule has 0 aromatic carbocycles. The number of esters is 1. The molecule has 0 aliphatic carbocycles. The molecule has 90 valence electrons. The minimum Gasteiger partial charge on any atom is -0.469 e. The Labute approximate surface area is 98.0 Å². The quantitative estimate of drug-likeness (QED) is 0.587. The van der Waals surface area contributed by atoms with Gasteiger partial charge in [0, 0.05) is 12.8 Å². The highest BCUT2D eigenvalue weighted by Crippen LogP contribution is 1.97. The van der Waals surface area contributed by atoms with Crippen molar-refractivity contribution >= 4 is 24.4 Å². The van der Waals surface area contributed by atoms with Crippen molar-refractivity contribution in [3.63, 3.8) is 0 Å². The first kappa shape index (κ1) is 16.9. The van der Waals surface area contributed by atoms with Gasteiger partial charge in [0.2, 0.25) is 0 Å². The molecule has 0 atom stereocenters. The predicted octanol–water partition coefficient (Wildman–Crippen LogP) is 2.49. The number of rotatable bonds is 5. The van der Waals surface area contributed by atoms with Crippen molar-refractivity contribution in [2.24, 2.45) is 5.92 Å². The first-order valence-corrected chi connectivity index (χ1v) is 5.74. The highest BCUT2D eigenvalue weighted by Gasteiger charge is 1.96. The van der Waals surface area contributed by atoms with Crippen molar-refractivity contribution in [1.82, 2.24) is 0 Å². The number of ether oxygens (including phenoxy) is 1. The van der Waals surface area contributed by atoms with Crippen LogP contribution in [0.2, 0.25) is 0 Å².